The molecule has 2 fully saturated rings. The zero-order valence-corrected chi connectivity index (χ0v) is 5.90. The topological polar surface area (TPSA) is 53.0 Å². The van der Waals surface area contributed by atoms with Crippen molar-refractivity contribution in [1.29, 1.82) is 0 Å². The number of rotatable bonds is 0. The Morgan fingerprint density at radius 2 is 2.00 bits per heavy atom. The van der Waals surface area contributed by atoms with Crippen LogP contribution in [-0.4, -0.2) is 34.6 Å². The zero-order valence-electron chi connectivity index (χ0n) is 5.90. The molecule has 2 aliphatic rings. The van der Waals surface area contributed by atoms with E-state index in [0.29, 0.717) is 6.42 Å². The molecule has 0 aromatic carbocycles. The fraction of sp³-hybridized carbons (Fsp3) is 1.00. The Balaban J connectivity index is 2.05. The number of aliphatic hydroxyl groups is 2. The quantitative estimate of drug-likeness (QED) is 0.451. The van der Waals surface area contributed by atoms with Crippen molar-refractivity contribution in [3.8, 4) is 0 Å². The van der Waals surface area contributed by atoms with Crippen LogP contribution in [0.15, 0.2) is 0 Å². The van der Waals surface area contributed by atoms with Gasteiger partial charge in [-0.1, -0.05) is 6.92 Å². The third-order valence-electron chi connectivity index (χ3n) is 2.47. The maximum Gasteiger partial charge on any atom is 0.113 e. The smallest absolute Gasteiger partial charge is 0.113 e. The fourth-order valence-electron chi connectivity index (χ4n) is 1.70. The van der Waals surface area contributed by atoms with E-state index in [1.54, 1.807) is 0 Å². The van der Waals surface area contributed by atoms with E-state index in [9.17, 15) is 10.2 Å². The molecule has 1 aliphatic heterocycles. The lowest BCUT2D eigenvalue weighted by Gasteiger charge is -2.23. The summed E-state index contributed by atoms with van der Waals surface area (Å²) in [6.07, 6.45) is -0.163. The first-order chi connectivity index (χ1) is 4.70. The highest BCUT2D eigenvalue weighted by molar-refractivity contribution is 5.02. The van der Waals surface area contributed by atoms with E-state index in [4.69, 9.17) is 4.74 Å². The lowest BCUT2D eigenvalue weighted by atomic mass is 9.86. The SMILES string of the molecule is C[C@H]1C[C@H](O)[C@@H]2O[C@@H]2[C@H]1O. The molecule has 1 saturated heterocycles. The summed E-state index contributed by atoms with van der Waals surface area (Å²) in [5.41, 5.74) is 0. The zero-order chi connectivity index (χ0) is 7.30. The summed E-state index contributed by atoms with van der Waals surface area (Å²) in [5, 5.41) is 18.6. The molecular weight excluding hydrogens is 132 g/mol. The van der Waals surface area contributed by atoms with Gasteiger partial charge in [0.25, 0.3) is 0 Å². The Hall–Kier alpha value is -0.120. The van der Waals surface area contributed by atoms with Crippen molar-refractivity contribution < 1.29 is 14.9 Å². The predicted octanol–water partition coefficient (Wildman–Crippen LogP) is -0.485. The summed E-state index contributed by atoms with van der Waals surface area (Å²) in [5.74, 6) is 0.179. The predicted molar refractivity (Wildman–Crippen MR) is 34.5 cm³/mol. The van der Waals surface area contributed by atoms with E-state index in [-0.39, 0.29) is 30.3 Å². The van der Waals surface area contributed by atoms with Gasteiger partial charge in [0.2, 0.25) is 0 Å². The number of fused-ring (bicyclic) bond motifs is 1. The second kappa shape index (κ2) is 1.94. The first-order valence-electron chi connectivity index (χ1n) is 3.71. The summed E-state index contributed by atoms with van der Waals surface area (Å²) in [6.45, 7) is 1.94. The van der Waals surface area contributed by atoms with Crippen LogP contribution in [0.4, 0.5) is 0 Å². The highest BCUT2D eigenvalue weighted by Gasteiger charge is 2.54. The van der Waals surface area contributed by atoms with Crippen molar-refractivity contribution in [1.82, 2.24) is 0 Å². The van der Waals surface area contributed by atoms with Crippen molar-refractivity contribution in [3.05, 3.63) is 0 Å². The molecule has 2 N–H and O–H groups in total. The standard InChI is InChI=1S/C7H12O3/c1-3-2-4(8)6-7(10-6)5(3)9/h3-9H,2H2,1H3/t3-,4-,5-,6-,7+/m0/s1. The highest BCUT2D eigenvalue weighted by Crippen LogP contribution is 2.39. The van der Waals surface area contributed by atoms with E-state index in [1.165, 1.54) is 0 Å². The van der Waals surface area contributed by atoms with Gasteiger partial charge in [0.05, 0.1) is 12.2 Å². The van der Waals surface area contributed by atoms with E-state index >= 15 is 0 Å². The molecule has 0 spiro atoms. The Bertz CT molecular complexity index is 146. The van der Waals surface area contributed by atoms with Crippen LogP contribution in [-0.2, 0) is 4.74 Å². The van der Waals surface area contributed by atoms with Gasteiger partial charge in [0.15, 0.2) is 0 Å². The maximum absolute atomic E-state index is 9.37. The molecule has 2 rings (SSSR count). The third-order valence-corrected chi connectivity index (χ3v) is 2.47. The molecule has 0 amide bonds. The lowest BCUT2D eigenvalue weighted by molar-refractivity contribution is 0.0378. The molecule has 0 aromatic heterocycles. The molecule has 0 radical (unpaired) electrons. The first kappa shape index (κ1) is 6.58. The summed E-state index contributed by atoms with van der Waals surface area (Å²) in [4.78, 5) is 0. The van der Waals surface area contributed by atoms with Gasteiger partial charge in [-0.2, -0.15) is 0 Å². The molecule has 10 heavy (non-hydrogen) atoms. The van der Waals surface area contributed by atoms with Gasteiger partial charge in [-0.15, -0.1) is 0 Å². The molecule has 0 unspecified atom stereocenters. The Morgan fingerprint density at radius 1 is 1.30 bits per heavy atom. The molecule has 1 aliphatic carbocycles. The number of epoxide rings is 1. The van der Waals surface area contributed by atoms with Gasteiger partial charge in [-0.25, -0.2) is 0 Å². The van der Waals surface area contributed by atoms with Gasteiger partial charge in [0, 0.05) is 0 Å². The van der Waals surface area contributed by atoms with E-state index in [0.717, 1.165) is 0 Å². The van der Waals surface area contributed by atoms with Gasteiger partial charge >= 0.3 is 0 Å². The van der Waals surface area contributed by atoms with Crippen LogP contribution in [0.25, 0.3) is 0 Å². The maximum atomic E-state index is 9.37. The molecule has 0 bridgehead atoms. The molecule has 58 valence electrons. The van der Waals surface area contributed by atoms with Crippen LogP contribution in [0.1, 0.15) is 13.3 Å². The minimum Gasteiger partial charge on any atom is -0.390 e. The van der Waals surface area contributed by atoms with Crippen molar-refractivity contribution in [2.45, 2.75) is 37.8 Å². The largest absolute Gasteiger partial charge is 0.390 e. The van der Waals surface area contributed by atoms with E-state index in [1.807, 2.05) is 6.92 Å². The summed E-state index contributed by atoms with van der Waals surface area (Å²) < 4.78 is 5.07. The van der Waals surface area contributed by atoms with Crippen LogP contribution in [0.3, 0.4) is 0 Å². The average Bonchev–Trinajstić information content (AvgIpc) is 2.61. The number of aliphatic hydroxyl groups excluding tert-OH is 2. The van der Waals surface area contributed by atoms with Crippen LogP contribution < -0.4 is 0 Å². The van der Waals surface area contributed by atoms with Crippen molar-refractivity contribution in [2.75, 3.05) is 0 Å². The highest BCUT2D eigenvalue weighted by atomic mass is 16.6. The van der Waals surface area contributed by atoms with Gasteiger partial charge in [-0.3, -0.25) is 0 Å². The van der Waals surface area contributed by atoms with Crippen LogP contribution in [0.5, 0.6) is 0 Å². The summed E-state index contributed by atoms with van der Waals surface area (Å²) >= 11 is 0. The average molecular weight is 144 g/mol. The second-order valence-electron chi connectivity index (χ2n) is 3.34. The van der Waals surface area contributed by atoms with Crippen LogP contribution in [0.2, 0.25) is 0 Å². The Kier molecular flexibility index (Phi) is 1.27. The summed E-state index contributed by atoms with van der Waals surface area (Å²) in [6, 6.07) is 0. The molecule has 3 nitrogen and oxygen atoms in total. The lowest BCUT2D eigenvalue weighted by Crippen LogP contribution is -2.37. The third kappa shape index (κ3) is 0.779. The Morgan fingerprint density at radius 3 is 2.70 bits per heavy atom. The Labute approximate surface area is 59.6 Å². The van der Waals surface area contributed by atoms with Crippen molar-refractivity contribution >= 4 is 0 Å². The molecule has 0 aromatic rings. The molecule has 1 saturated carbocycles. The normalized spacial score (nSPS) is 59.7. The van der Waals surface area contributed by atoms with Gasteiger partial charge in [0.1, 0.15) is 12.2 Å². The van der Waals surface area contributed by atoms with Gasteiger partial charge < -0.3 is 14.9 Å². The number of ether oxygens (including phenoxy) is 1. The summed E-state index contributed by atoms with van der Waals surface area (Å²) in [7, 11) is 0. The minimum atomic E-state index is -0.353. The molecular formula is C7H12O3. The van der Waals surface area contributed by atoms with Crippen LogP contribution in [0, 0.1) is 5.92 Å². The number of hydrogen-bond acceptors (Lipinski definition) is 3. The first-order valence-corrected chi connectivity index (χ1v) is 3.71. The van der Waals surface area contributed by atoms with E-state index in [2.05, 4.69) is 0 Å². The fourth-order valence-corrected chi connectivity index (χ4v) is 1.70. The monoisotopic (exact) mass is 144 g/mol. The molecule has 1 heterocycles. The van der Waals surface area contributed by atoms with Gasteiger partial charge in [-0.05, 0) is 12.3 Å². The van der Waals surface area contributed by atoms with Crippen molar-refractivity contribution in [3.63, 3.8) is 0 Å². The number of hydrogen-bond donors (Lipinski definition) is 2. The van der Waals surface area contributed by atoms with Crippen LogP contribution >= 0.6 is 0 Å². The molecule has 5 atom stereocenters. The van der Waals surface area contributed by atoms with Crippen molar-refractivity contribution in [2.24, 2.45) is 5.92 Å². The minimum absolute atomic E-state index is 0.0637. The second-order valence-corrected chi connectivity index (χ2v) is 3.34. The van der Waals surface area contributed by atoms with E-state index < -0.39 is 0 Å². The molecule has 3 heteroatoms.